The summed E-state index contributed by atoms with van der Waals surface area (Å²) in [5.74, 6) is 0.253. The van der Waals surface area contributed by atoms with Gasteiger partial charge in [0.25, 0.3) is 5.91 Å². The molecule has 15 heavy (non-hydrogen) atoms. The molecule has 4 heteroatoms. The second-order valence-electron chi connectivity index (χ2n) is 3.96. The van der Waals surface area contributed by atoms with Gasteiger partial charge >= 0.3 is 0 Å². The largest absolute Gasteiger partial charge is 0.440 e. The van der Waals surface area contributed by atoms with Gasteiger partial charge in [-0.1, -0.05) is 12.8 Å². The first-order chi connectivity index (χ1) is 7.18. The molecule has 1 amide bonds. The summed E-state index contributed by atoms with van der Waals surface area (Å²) in [6.45, 7) is 0. The monoisotopic (exact) mass is 227 g/mol. The highest BCUT2D eigenvalue weighted by molar-refractivity contribution is 6.29. The molecule has 0 bridgehead atoms. The predicted molar refractivity (Wildman–Crippen MR) is 58.1 cm³/mol. The molecule has 0 atom stereocenters. The molecule has 0 spiro atoms. The zero-order chi connectivity index (χ0) is 10.8. The van der Waals surface area contributed by atoms with E-state index in [-0.39, 0.29) is 11.1 Å². The fraction of sp³-hybridized carbons (Fsp3) is 0.545. The van der Waals surface area contributed by atoms with Crippen molar-refractivity contribution in [2.75, 3.05) is 7.05 Å². The van der Waals surface area contributed by atoms with E-state index in [9.17, 15) is 4.79 Å². The van der Waals surface area contributed by atoms with Crippen LogP contribution in [0, 0.1) is 0 Å². The summed E-state index contributed by atoms with van der Waals surface area (Å²) < 4.78 is 5.10. The van der Waals surface area contributed by atoms with Crippen LogP contribution in [0.4, 0.5) is 0 Å². The van der Waals surface area contributed by atoms with Crippen molar-refractivity contribution in [1.29, 1.82) is 0 Å². The molecule has 1 aromatic rings. The van der Waals surface area contributed by atoms with Crippen LogP contribution in [0.25, 0.3) is 0 Å². The summed E-state index contributed by atoms with van der Waals surface area (Å²) in [7, 11) is 1.83. The number of halogens is 1. The number of nitrogens with zero attached hydrogens (tertiary/aromatic N) is 1. The van der Waals surface area contributed by atoms with E-state index in [4.69, 9.17) is 16.0 Å². The van der Waals surface area contributed by atoms with Crippen LogP contribution >= 0.6 is 11.6 Å². The normalized spacial score (nSPS) is 16.9. The van der Waals surface area contributed by atoms with E-state index in [1.807, 2.05) is 7.05 Å². The quantitative estimate of drug-likeness (QED) is 0.779. The first kappa shape index (κ1) is 10.6. The van der Waals surface area contributed by atoms with Crippen molar-refractivity contribution >= 4 is 17.5 Å². The van der Waals surface area contributed by atoms with Crippen LogP contribution in [0.1, 0.15) is 36.2 Å². The van der Waals surface area contributed by atoms with Crippen molar-refractivity contribution in [1.82, 2.24) is 4.90 Å². The molecule has 1 aliphatic rings. The molecule has 0 saturated heterocycles. The molecule has 0 N–H and O–H groups in total. The van der Waals surface area contributed by atoms with Gasteiger partial charge in [-0.15, -0.1) is 0 Å². The first-order valence-electron chi connectivity index (χ1n) is 5.21. The van der Waals surface area contributed by atoms with E-state index >= 15 is 0 Å². The predicted octanol–water partition coefficient (Wildman–Crippen LogP) is 2.95. The molecule has 1 heterocycles. The van der Waals surface area contributed by atoms with Gasteiger partial charge < -0.3 is 9.32 Å². The summed E-state index contributed by atoms with van der Waals surface area (Å²) >= 11 is 5.63. The van der Waals surface area contributed by atoms with Crippen molar-refractivity contribution in [3.63, 3.8) is 0 Å². The Morgan fingerprint density at radius 3 is 2.67 bits per heavy atom. The zero-order valence-corrected chi connectivity index (χ0v) is 9.46. The second-order valence-corrected chi connectivity index (χ2v) is 4.33. The molecule has 1 saturated carbocycles. The summed E-state index contributed by atoms with van der Waals surface area (Å²) in [5, 5.41) is 0.262. The first-order valence-corrected chi connectivity index (χ1v) is 5.59. The molecular formula is C11H14ClNO2. The Bertz CT molecular complexity index is 355. The Morgan fingerprint density at radius 1 is 1.47 bits per heavy atom. The average molecular weight is 228 g/mol. The summed E-state index contributed by atoms with van der Waals surface area (Å²) in [6, 6.07) is 3.58. The van der Waals surface area contributed by atoms with Gasteiger partial charge in [-0.3, -0.25) is 4.79 Å². The Labute approximate surface area is 94.0 Å². The minimum atomic E-state index is -0.0752. The van der Waals surface area contributed by atoms with Gasteiger partial charge in [-0.2, -0.15) is 0 Å². The van der Waals surface area contributed by atoms with Crippen LogP contribution in [-0.4, -0.2) is 23.9 Å². The lowest BCUT2D eigenvalue weighted by atomic mass is 10.2. The molecule has 2 rings (SSSR count). The van der Waals surface area contributed by atoms with Gasteiger partial charge in [0.1, 0.15) is 0 Å². The molecular weight excluding hydrogens is 214 g/mol. The van der Waals surface area contributed by atoms with Crippen LogP contribution in [0.5, 0.6) is 0 Å². The third-order valence-corrected chi connectivity index (χ3v) is 3.18. The molecule has 1 aromatic heterocycles. The second kappa shape index (κ2) is 4.27. The molecule has 1 aliphatic carbocycles. The van der Waals surface area contributed by atoms with Crippen LogP contribution in [0.2, 0.25) is 5.22 Å². The number of furan rings is 1. The summed E-state index contributed by atoms with van der Waals surface area (Å²) in [5.41, 5.74) is 0. The molecule has 0 aliphatic heterocycles. The molecule has 3 nitrogen and oxygen atoms in total. The van der Waals surface area contributed by atoms with Crippen LogP contribution < -0.4 is 0 Å². The number of rotatable bonds is 2. The lowest BCUT2D eigenvalue weighted by Gasteiger charge is -2.22. The molecule has 0 radical (unpaired) electrons. The van der Waals surface area contributed by atoms with Gasteiger partial charge in [0.05, 0.1) is 0 Å². The fourth-order valence-electron chi connectivity index (χ4n) is 2.06. The number of hydrogen-bond donors (Lipinski definition) is 0. The van der Waals surface area contributed by atoms with E-state index in [1.165, 1.54) is 12.8 Å². The minimum Gasteiger partial charge on any atom is -0.440 e. The van der Waals surface area contributed by atoms with E-state index in [2.05, 4.69) is 0 Å². The maximum Gasteiger partial charge on any atom is 0.289 e. The smallest absolute Gasteiger partial charge is 0.289 e. The molecule has 0 unspecified atom stereocenters. The van der Waals surface area contributed by atoms with E-state index < -0.39 is 0 Å². The highest BCUT2D eigenvalue weighted by Gasteiger charge is 2.25. The van der Waals surface area contributed by atoms with Crippen LogP contribution in [0.3, 0.4) is 0 Å². The summed E-state index contributed by atoms with van der Waals surface area (Å²) in [4.78, 5) is 13.7. The maximum absolute atomic E-state index is 11.9. The highest BCUT2D eigenvalue weighted by Crippen LogP contribution is 2.24. The lowest BCUT2D eigenvalue weighted by Crippen LogP contribution is -2.34. The Balaban J connectivity index is 2.06. The SMILES string of the molecule is CN(C(=O)c1ccc(Cl)o1)C1CCCC1. The van der Waals surface area contributed by atoms with E-state index in [0.29, 0.717) is 11.8 Å². The van der Waals surface area contributed by atoms with Crippen molar-refractivity contribution in [2.24, 2.45) is 0 Å². The fourth-order valence-corrected chi connectivity index (χ4v) is 2.21. The van der Waals surface area contributed by atoms with Gasteiger partial charge in [-0.25, -0.2) is 0 Å². The average Bonchev–Trinajstić information content (AvgIpc) is 2.85. The summed E-state index contributed by atoms with van der Waals surface area (Å²) in [6.07, 6.45) is 4.61. The number of carbonyl (C=O) groups is 1. The topological polar surface area (TPSA) is 33.5 Å². The molecule has 1 fully saturated rings. The van der Waals surface area contributed by atoms with Gasteiger partial charge in [0.15, 0.2) is 11.0 Å². The third-order valence-electron chi connectivity index (χ3n) is 2.98. The van der Waals surface area contributed by atoms with E-state index in [1.54, 1.807) is 17.0 Å². The number of hydrogen-bond acceptors (Lipinski definition) is 2. The van der Waals surface area contributed by atoms with Gasteiger partial charge in [0, 0.05) is 13.1 Å². The maximum atomic E-state index is 11.9. The van der Waals surface area contributed by atoms with Crippen LogP contribution in [0.15, 0.2) is 16.5 Å². The minimum absolute atomic E-state index is 0.0752. The Kier molecular flexibility index (Phi) is 3.00. The van der Waals surface area contributed by atoms with E-state index in [0.717, 1.165) is 12.8 Å². The Hall–Kier alpha value is -0.960. The van der Waals surface area contributed by atoms with Crippen molar-refractivity contribution in [3.05, 3.63) is 23.1 Å². The van der Waals surface area contributed by atoms with Gasteiger partial charge in [-0.05, 0) is 36.6 Å². The van der Waals surface area contributed by atoms with Crippen molar-refractivity contribution in [3.8, 4) is 0 Å². The third kappa shape index (κ3) is 2.17. The van der Waals surface area contributed by atoms with Crippen molar-refractivity contribution in [2.45, 2.75) is 31.7 Å². The number of amides is 1. The van der Waals surface area contributed by atoms with Crippen molar-refractivity contribution < 1.29 is 9.21 Å². The van der Waals surface area contributed by atoms with Crippen LogP contribution in [-0.2, 0) is 0 Å². The lowest BCUT2D eigenvalue weighted by molar-refractivity contribution is 0.0703. The molecule has 0 aromatic carbocycles. The number of carbonyl (C=O) groups excluding carboxylic acids is 1. The zero-order valence-electron chi connectivity index (χ0n) is 8.70. The Morgan fingerprint density at radius 2 is 2.13 bits per heavy atom. The molecule has 82 valence electrons. The van der Waals surface area contributed by atoms with Gasteiger partial charge in [0.2, 0.25) is 0 Å². The highest BCUT2D eigenvalue weighted by atomic mass is 35.5. The standard InChI is InChI=1S/C11H14ClNO2/c1-13(8-4-2-3-5-8)11(14)9-6-7-10(12)15-9/h6-8H,2-5H2,1H3.